The van der Waals surface area contributed by atoms with Crippen LogP contribution in [0.1, 0.15) is 31.7 Å². The summed E-state index contributed by atoms with van der Waals surface area (Å²) in [6.07, 6.45) is 0.494. The number of amides is 3. The first-order valence-electron chi connectivity index (χ1n) is 8.03. The van der Waals surface area contributed by atoms with Gasteiger partial charge in [0.15, 0.2) is 0 Å². The molecule has 1 aromatic rings. The molecule has 0 radical (unpaired) electrons. The first-order chi connectivity index (χ1) is 12.1. The summed E-state index contributed by atoms with van der Waals surface area (Å²) >= 11 is 0. The Balaban J connectivity index is 1.94. The van der Waals surface area contributed by atoms with E-state index >= 15 is 0 Å². The van der Waals surface area contributed by atoms with Crippen molar-refractivity contribution in [2.24, 2.45) is 0 Å². The molecule has 8 nitrogen and oxygen atoms in total. The van der Waals surface area contributed by atoms with E-state index in [1.807, 2.05) is 30.3 Å². The normalized spacial score (nSPS) is 16.2. The molecule has 1 fully saturated rings. The zero-order valence-electron chi connectivity index (χ0n) is 13.9. The largest absolute Gasteiger partial charge is 0.445 e. The molecule has 1 aromatic carbocycles. The fraction of sp³-hybridized carbons (Fsp3) is 0.412. The van der Waals surface area contributed by atoms with Crippen molar-refractivity contribution in [3.05, 3.63) is 35.9 Å². The Morgan fingerprint density at radius 2 is 2.00 bits per heavy atom. The van der Waals surface area contributed by atoms with Crippen molar-refractivity contribution < 1.29 is 28.8 Å². The highest BCUT2D eigenvalue weighted by atomic mass is 16.7. The van der Waals surface area contributed by atoms with Gasteiger partial charge < -0.3 is 9.57 Å². The van der Waals surface area contributed by atoms with Crippen molar-refractivity contribution in [3.8, 4) is 0 Å². The Kier molecular flexibility index (Phi) is 6.50. The summed E-state index contributed by atoms with van der Waals surface area (Å²) in [5.41, 5.74) is 0.829. The number of hydrogen-bond acceptors (Lipinski definition) is 6. The van der Waals surface area contributed by atoms with Gasteiger partial charge in [0.2, 0.25) is 0 Å². The number of likely N-dealkylation sites (tertiary alicyclic amines) is 1. The standard InChI is InChI=1S/C17H20N2O6/c1-2-15(21)19(12-20)25-16(22)14-9-6-10-18(14)17(23)24-11-13-7-4-3-5-8-13/h3-5,7-8,12,14H,2,6,9-11H2,1H3/t14-/m1/s1. The van der Waals surface area contributed by atoms with Crippen LogP contribution in [0, 0.1) is 0 Å². The molecule has 1 aliphatic heterocycles. The van der Waals surface area contributed by atoms with E-state index in [9.17, 15) is 19.2 Å². The van der Waals surface area contributed by atoms with Gasteiger partial charge in [0, 0.05) is 13.0 Å². The molecule has 25 heavy (non-hydrogen) atoms. The third kappa shape index (κ3) is 4.79. The molecule has 0 spiro atoms. The number of imide groups is 1. The van der Waals surface area contributed by atoms with Gasteiger partial charge in [0.05, 0.1) is 0 Å². The maximum atomic E-state index is 12.2. The number of benzene rings is 1. The second-order valence-corrected chi connectivity index (χ2v) is 5.48. The lowest BCUT2D eigenvalue weighted by Crippen LogP contribution is -2.44. The molecule has 1 saturated heterocycles. The SMILES string of the molecule is CCC(=O)N(C=O)OC(=O)[C@H]1CCCN1C(=O)OCc1ccccc1. The Bertz CT molecular complexity index is 633. The third-order valence-electron chi connectivity index (χ3n) is 3.80. The number of ether oxygens (including phenoxy) is 1. The van der Waals surface area contributed by atoms with Crippen LogP contribution in [0.4, 0.5) is 4.79 Å². The number of nitrogens with zero attached hydrogens (tertiary/aromatic N) is 2. The Hall–Kier alpha value is -2.90. The van der Waals surface area contributed by atoms with Crippen LogP contribution in [-0.2, 0) is 30.6 Å². The van der Waals surface area contributed by atoms with E-state index in [4.69, 9.17) is 9.57 Å². The van der Waals surface area contributed by atoms with Crippen molar-refractivity contribution in [1.29, 1.82) is 0 Å². The summed E-state index contributed by atoms with van der Waals surface area (Å²) in [7, 11) is 0. The summed E-state index contributed by atoms with van der Waals surface area (Å²) in [5.74, 6) is -1.47. The van der Waals surface area contributed by atoms with Crippen LogP contribution in [0.3, 0.4) is 0 Å². The highest BCUT2D eigenvalue weighted by Gasteiger charge is 2.38. The van der Waals surface area contributed by atoms with Crippen molar-refractivity contribution in [1.82, 2.24) is 9.96 Å². The minimum Gasteiger partial charge on any atom is -0.445 e. The molecular weight excluding hydrogens is 328 g/mol. The summed E-state index contributed by atoms with van der Waals surface area (Å²) in [6.45, 7) is 1.97. The number of carbonyl (C=O) groups is 4. The molecule has 3 amide bonds. The van der Waals surface area contributed by atoms with Crippen molar-refractivity contribution >= 4 is 24.4 Å². The van der Waals surface area contributed by atoms with Gasteiger partial charge in [-0.1, -0.05) is 37.3 Å². The fourth-order valence-corrected chi connectivity index (χ4v) is 2.48. The zero-order chi connectivity index (χ0) is 18.2. The van der Waals surface area contributed by atoms with Crippen LogP contribution < -0.4 is 0 Å². The molecule has 2 rings (SSSR count). The molecular formula is C17H20N2O6. The molecule has 0 bridgehead atoms. The number of rotatable bonds is 5. The van der Waals surface area contributed by atoms with E-state index < -0.39 is 24.0 Å². The van der Waals surface area contributed by atoms with Crippen molar-refractivity contribution in [2.75, 3.05) is 6.54 Å². The predicted octanol–water partition coefficient (Wildman–Crippen LogP) is 1.64. The number of carbonyl (C=O) groups excluding carboxylic acids is 4. The smallest absolute Gasteiger partial charge is 0.410 e. The second kappa shape index (κ2) is 8.81. The quantitative estimate of drug-likeness (QED) is 0.593. The average Bonchev–Trinajstić information content (AvgIpc) is 3.14. The van der Waals surface area contributed by atoms with E-state index in [-0.39, 0.29) is 19.4 Å². The van der Waals surface area contributed by atoms with Crippen LogP contribution >= 0.6 is 0 Å². The molecule has 134 valence electrons. The topological polar surface area (TPSA) is 93.2 Å². The maximum Gasteiger partial charge on any atom is 0.410 e. The highest BCUT2D eigenvalue weighted by Crippen LogP contribution is 2.20. The van der Waals surface area contributed by atoms with Gasteiger partial charge >= 0.3 is 12.1 Å². The molecule has 8 heteroatoms. The molecule has 1 heterocycles. The number of hydroxylamine groups is 2. The van der Waals surface area contributed by atoms with Crippen LogP contribution in [0.15, 0.2) is 30.3 Å². The summed E-state index contributed by atoms with van der Waals surface area (Å²) in [6, 6.07) is 8.28. The van der Waals surface area contributed by atoms with Crippen molar-refractivity contribution in [3.63, 3.8) is 0 Å². The second-order valence-electron chi connectivity index (χ2n) is 5.48. The highest BCUT2D eigenvalue weighted by molar-refractivity contribution is 5.88. The lowest BCUT2D eigenvalue weighted by molar-refractivity contribution is -0.199. The van der Waals surface area contributed by atoms with Crippen LogP contribution in [0.5, 0.6) is 0 Å². The zero-order valence-corrected chi connectivity index (χ0v) is 13.9. The van der Waals surface area contributed by atoms with Crippen molar-refractivity contribution in [2.45, 2.75) is 38.8 Å². The predicted molar refractivity (Wildman–Crippen MR) is 85.6 cm³/mol. The maximum absolute atomic E-state index is 12.2. The van der Waals surface area contributed by atoms with Gasteiger partial charge in [-0.2, -0.15) is 0 Å². The van der Waals surface area contributed by atoms with E-state index in [2.05, 4.69) is 0 Å². The molecule has 0 saturated carbocycles. The van der Waals surface area contributed by atoms with E-state index in [0.29, 0.717) is 24.4 Å². The molecule has 0 aromatic heterocycles. The summed E-state index contributed by atoms with van der Waals surface area (Å²) in [5, 5.41) is 0.355. The lowest BCUT2D eigenvalue weighted by atomic mass is 10.2. The van der Waals surface area contributed by atoms with Gasteiger partial charge in [0.25, 0.3) is 12.3 Å². The molecule has 0 N–H and O–H groups in total. The minimum absolute atomic E-state index is 0.0134. The minimum atomic E-state index is -0.879. The Labute approximate surface area is 145 Å². The lowest BCUT2D eigenvalue weighted by Gasteiger charge is -2.23. The van der Waals surface area contributed by atoms with Gasteiger partial charge in [-0.05, 0) is 18.4 Å². The van der Waals surface area contributed by atoms with Gasteiger partial charge in [-0.25, -0.2) is 9.59 Å². The van der Waals surface area contributed by atoms with E-state index in [0.717, 1.165) is 5.56 Å². The van der Waals surface area contributed by atoms with Crippen LogP contribution in [-0.4, -0.2) is 46.9 Å². The van der Waals surface area contributed by atoms with Gasteiger partial charge in [-0.3, -0.25) is 14.5 Å². The summed E-state index contributed by atoms with van der Waals surface area (Å²) < 4.78 is 5.22. The Morgan fingerprint density at radius 1 is 1.28 bits per heavy atom. The molecule has 1 aliphatic rings. The van der Waals surface area contributed by atoms with Gasteiger partial charge in [0.1, 0.15) is 12.6 Å². The van der Waals surface area contributed by atoms with Gasteiger partial charge in [-0.15, -0.1) is 5.06 Å². The van der Waals surface area contributed by atoms with Crippen LogP contribution in [0.2, 0.25) is 0 Å². The molecule has 0 aliphatic carbocycles. The molecule has 1 atom stereocenters. The van der Waals surface area contributed by atoms with Crippen LogP contribution in [0.25, 0.3) is 0 Å². The first kappa shape index (κ1) is 18.4. The summed E-state index contributed by atoms with van der Waals surface area (Å²) in [4.78, 5) is 52.8. The average molecular weight is 348 g/mol. The monoisotopic (exact) mass is 348 g/mol. The fourth-order valence-electron chi connectivity index (χ4n) is 2.48. The van der Waals surface area contributed by atoms with E-state index in [1.54, 1.807) is 0 Å². The molecule has 0 unspecified atom stereocenters. The first-order valence-corrected chi connectivity index (χ1v) is 8.03. The Morgan fingerprint density at radius 3 is 2.64 bits per heavy atom. The number of hydrogen-bond donors (Lipinski definition) is 0. The third-order valence-corrected chi connectivity index (χ3v) is 3.80. The van der Waals surface area contributed by atoms with E-state index in [1.165, 1.54) is 11.8 Å².